The van der Waals surface area contributed by atoms with Crippen molar-refractivity contribution in [3.05, 3.63) is 29.3 Å². The van der Waals surface area contributed by atoms with E-state index in [-0.39, 0.29) is 10.8 Å². The van der Waals surface area contributed by atoms with Gasteiger partial charge in [-0.2, -0.15) is 12.6 Å². The highest BCUT2D eigenvalue weighted by atomic mass is 32.1. The van der Waals surface area contributed by atoms with E-state index in [0.717, 1.165) is 31.0 Å². The van der Waals surface area contributed by atoms with E-state index < -0.39 is 0 Å². The summed E-state index contributed by atoms with van der Waals surface area (Å²) >= 11 is 4.24. The molecular formula is C18H30OS. The van der Waals surface area contributed by atoms with Gasteiger partial charge < -0.3 is 4.74 Å². The number of unbranched alkanes of at least 4 members (excludes halogenated alkanes) is 1. The third-order valence-electron chi connectivity index (χ3n) is 3.46. The zero-order valence-electron chi connectivity index (χ0n) is 13.9. The predicted molar refractivity (Wildman–Crippen MR) is 92.4 cm³/mol. The molecule has 1 nitrogen and oxygen atoms in total. The average Bonchev–Trinajstić information content (AvgIpc) is 2.32. The third-order valence-corrected chi connectivity index (χ3v) is 3.78. The molecule has 0 fully saturated rings. The highest BCUT2D eigenvalue weighted by Gasteiger charge is 2.22. The summed E-state index contributed by atoms with van der Waals surface area (Å²) < 4.78 is 6.00. The summed E-state index contributed by atoms with van der Waals surface area (Å²) in [6.45, 7) is 14.3. The first kappa shape index (κ1) is 17.4. The minimum atomic E-state index is 0.0974. The molecule has 0 aromatic heterocycles. The second-order valence-electron chi connectivity index (χ2n) is 7.49. The largest absolute Gasteiger partial charge is 0.493 e. The van der Waals surface area contributed by atoms with Crippen molar-refractivity contribution >= 4 is 12.6 Å². The maximum absolute atomic E-state index is 6.00. The molecule has 0 radical (unpaired) electrons. The Kier molecular flexibility index (Phi) is 6.00. The summed E-state index contributed by atoms with van der Waals surface area (Å²) in [5, 5.41) is 0. The van der Waals surface area contributed by atoms with Crippen molar-refractivity contribution in [3.8, 4) is 5.75 Å². The van der Waals surface area contributed by atoms with E-state index in [4.69, 9.17) is 4.74 Å². The molecule has 0 saturated carbocycles. The van der Waals surface area contributed by atoms with E-state index in [9.17, 15) is 0 Å². The number of ether oxygens (including phenoxy) is 1. The van der Waals surface area contributed by atoms with Crippen molar-refractivity contribution in [3.63, 3.8) is 0 Å². The SMILES string of the molecule is CC(C)(C)c1ccc(OCCCCS)c(C(C)(C)C)c1. The highest BCUT2D eigenvalue weighted by molar-refractivity contribution is 7.80. The zero-order chi connectivity index (χ0) is 15.4. The monoisotopic (exact) mass is 294 g/mol. The van der Waals surface area contributed by atoms with E-state index in [1.54, 1.807) is 0 Å². The van der Waals surface area contributed by atoms with Gasteiger partial charge in [0.1, 0.15) is 5.75 Å². The van der Waals surface area contributed by atoms with Crippen molar-refractivity contribution in [2.75, 3.05) is 12.4 Å². The van der Waals surface area contributed by atoms with Crippen LogP contribution in [0.3, 0.4) is 0 Å². The topological polar surface area (TPSA) is 9.23 Å². The van der Waals surface area contributed by atoms with Gasteiger partial charge in [-0.1, -0.05) is 53.7 Å². The molecule has 0 aliphatic heterocycles. The Labute approximate surface area is 130 Å². The van der Waals surface area contributed by atoms with E-state index in [2.05, 4.69) is 72.4 Å². The van der Waals surface area contributed by atoms with E-state index in [1.165, 1.54) is 11.1 Å². The second-order valence-corrected chi connectivity index (χ2v) is 7.94. The Balaban J connectivity index is 2.99. The molecule has 0 saturated heterocycles. The van der Waals surface area contributed by atoms with Gasteiger partial charge in [-0.25, -0.2) is 0 Å². The first-order valence-electron chi connectivity index (χ1n) is 7.55. The smallest absolute Gasteiger partial charge is 0.123 e. The molecule has 2 heteroatoms. The lowest BCUT2D eigenvalue weighted by Gasteiger charge is -2.27. The van der Waals surface area contributed by atoms with Crippen LogP contribution in [0.25, 0.3) is 0 Å². The van der Waals surface area contributed by atoms with Crippen LogP contribution >= 0.6 is 12.6 Å². The van der Waals surface area contributed by atoms with Gasteiger partial charge in [-0.05, 0) is 46.6 Å². The lowest BCUT2D eigenvalue weighted by Crippen LogP contribution is -2.17. The third kappa shape index (κ3) is 5.05. The maximum Gasteiger partial charge on any atom is 0.123 e. The Hall–Kier alpha value is -0.630. The van der Waals surface area contributed by atoms with Crippen LogP contribution in [0.1, 0.15) is 65.5 Å². The van der Waals surface area contributed by atoms with Crippen molar-refractivity contribution in [2.45, 2.75) is 65.2 Å². The van der Waals surface area contributed by atoms with E-state index in [1.807, 2.05) is 0 Å². The maximum atomic E-state index is 6.00. The van der Waals surface area contributed by atoms with Crippen molar-refractivity contribution in [2.24, 2.45) is 0 Å². The Morgan fingerprint density at radius 2 is 1.60 bits per heavy atom. The quantitative estimate of drug-likeness (QED) is 0.567. The highest BCUT2D eigenvalue weighted by Crippen LogP contribution is 2.35. The van der Waals surface area contributed by atoms with Crippen LogP contribution in [0.15, 0.2) is 18.2 Å². The van der Waals surface area contributed by atoms with Gasteiger partial charge in [0, 0.05) is 0 Å². The normalized spacial score (nSPS) is 12.6. The van der Waals surface area contributed by atoms with Crippen LogP contribution in [-0.2, 0) is 10.8 Å². The molecule has 0 heterocycles. The minimum absolute atomic E-state index is 0.0974. The summed E-state index contributed by atoms with van der Waals surface area (Å²) in [5.41, 5.74) is 2.94. The molecule has 1 rings (SSSR count). The van der Waals surface area contributed by atoms with Crippen LogP contribution < -0.4 is 4.74 Å². The summed E-state index contributed by atoms with van der Waals surface area (Å²) in [6.07, 6.45) is 2.17. The molecule has 0 atom stereocenters. The van der Waals surface area contributed by atoms with Crippen LogP contribution in [0.4, 0.5) is 0 Å². The molecule has 0 N–H and O–H groups in total. The van der Waals surface area contributed by atoms with Crippen LogP contribution in [0.5, 0.6) is 5.75 Å². The predicted octanol–water partition coefficient (Wildman–Crippen LogP) is 5.37. The van der Waals surface area contributed by atoms with Crippen molar-refractivity contribution in [1.29, 1.82) is 0 Å². The summed E-state index contributed by atoms with van der Waals surface area (Å²) in [7, 11) is 0. The Bertz CT molecular complexity index is 424. The van der Waals surface area contributed by atoms with Crippen LogP contribution in [0, 0.1) is 0 Å². The molecule has 20 heavy (non-hydrogen) atoms. The fourth-order valence-corrected chi connectivity index (χ4v) is 2.33. The van der Waals surface area contributed by atoms with Crippen molar-refractivity contribution < 1.29 is 4.74 Å². The number of rotatable bonds is 5. The second kappa shape index (κ2) is 6.89. The van der Waals surface area contributed by atoms with Gasteiger partial charge in [0.15, 0.2) is 0 Å². The molecule has 0 amide bonds. The molecule has 0 unspecified atom stereocenters. The van der Waals surface area contributed by atoms with Gasteiger partial charge in [-0.15, -0.1) is 0 Å². The van der Waals surface area contributed by atoms with Gasteiger partial charge in [0.25, 0.3) is 0 Å². The van der Waals surface area contributed by atoms with Gasteiger partial charge >= 0.3 is 0 Å². The lowest BCUT2D eigenvalue weighted by atomic mass is 9.80. The van der Waals surface area contributed by atoms with Crippen molar-refractivity contribution in [1.82, 2.24) is 0 Å². The molecule has 0 bridgehead atoms. The van der Waals surface area contributed by atoms with E-state index >= 15 is 0 Å². The number of hydrogen-bond acceptors (Lipinski definition) is 2. The molecule has 0 aliphatic carbocycles. The molecule has 0 aliphatic rings. The Morgan fingerprint density at radius 3 is 2.10 bits per heavy atom. The van der Waals surface area contributed by atoms with Gasteiger partial charge in [-0.3, -0.25) is 0 Å². The summed E-state index contributed by atoms with van der Waals surface area (Å²) in [4.78, 5) is 0. The zero-order valence-corrected chi connectivity index (χ0v) is 14.8. The summed E-state index contributed by atoms with van der Waals surface area (Å²) in [6, 6.07) is 6.65. The lowest BCUT2D eigenvalue weighted by molar-refractivity contribution is 0.301. The standard InChI is InChI=1S/C18H30OS/c1-17(2,3)14-9-10-16(19-11-7-8-12-20)15(13-14)18(4,5)6/h9-10,13,20H,7-8,11-12H2,1-6H3. The van der Waals surface area contributed by atoms with Crippen LogP contribution in [0.2, 0.25) is 0 Å². The molecule has 1 aromatic rings. The van der Waals surface area contributed by atoms with Crippen LogP contribution in [-0.4, -0.2) is 12.4 Å². The first-order chi connectivity index (χ1) is 9.16. The molecular weight excluding hydrogens is 264 g/mol. The average molecular weight is 295 g/mol. The Morgan fingerprint density at radius 1 is 0.950 bits per heavy atom. The molecule has 0 spiro atoms. The molecule has 114 valence electrons. The summed E-state index contributed by atoms with van der Waals surface area (Å²) in [5.74, 6) is 1.96. The van der Waals surface area contributed by atoms with E-state index in [0.29, 0.717) is 0 Å². The fourth-order valence-electron chi connectivity index (χ4n) is 2.10. The number of thiol groups is 1. The van der Waals surface area contributed by atoms with Gasteiger partial charge in [0.2, 0.25) is 0 Å². The fraction of sp³-hybridized carbons (Fsp3) is 0.667. The number of benzene rings is 1. The number of hydrogen-bond donors (Lipinski definition) is 1. The minimum Gasteiger partial charge on any atom is -0.493 e. The first-order valence-corrected chi connectivity index (χ1v) is 8.18. The molecule has 1 aromatic carbocycles. The van der Waals surface area contributed by atoms with Gasteiger partial charge in [0.05, 0.1) is 6.61 Å².